The Labute approximate surface area is 152 Å². The van der Waals surface area contributed by atoms with Crippen molar-refractivity contribution in [1.82, 2.24) is 24.7 Å². The summed E-state index contributed by atoms with van der Waals surface area (Å²) in [5, 5.41) is 9.21. The molecule has 0 aliphatic rings. The molecular formula is C19H15N5O3. The lowest BCUT2D eigenvalue weighted by molar-refractivity contribution is 0.447. The van der Waals surface area contributed by atoms with Crippen LogP contribution in [-0.4, -0.2) is 24.7 Å². The first-order valence-electron chi connectivity index (χ1n) is 8.56. The molecule has 1 N–H and O–H groups in total. The van der Waals surface area contributed by atoms with Gasteiger partial charge in [-0.05, 0) is 25.5 Å². The predicted octanol–water partition coefficient (Wildman–Crippen LogP) is 3.36. The molecule has 5 rings (SSSR count). The highest BCUT2D eigenvalue weighted by molar-refractivity contribution is 5.84. The Morgan fingerprint density at radius 2 is 2.11 bits per heavy atom. The van der Waals surface area contributed by atoms with Crippen molar-refractivity contribution in [3.63, 3.8) is 0 Å². The van der Waals surface area contributed by atoms with Gasteiger partial charge in [0.2, 0.25) is 5.89 Å². The van der Waals surface area contributed by atoms with Crippen molar-refractivity contribution in [2.24, 2.45) is 0 Å². The summed E-state index contributed by atoms with van der Waals surface area (Å²) in [5.74, 6) is 1.10. The predicted molar refractivity (Wildman–Crippen MR) is 98.4 cm³/mol. The lowest BCUT2D eigenvalue weighted by Gasteiger charge is -2.04. The number of aryl methyl sites for hydroxylation is 2. The highest BCUT2D eigenvalue weighted by Gasteiger charge is 2.16. The van der Waals surface area contributed by atoms with Gasteiger partial charge in [-0.25, -0.2) is 4.98 Å². The van der Waals surface area contributed by atoms with Crippen LogP contribution in [-0.2, 0) is 6.42 Å². The van der Waals surface area contributed by atoms with Crippen LogP contribution in [0.1, 0.15) is 18.4 Å². The molecule has 134 valence electrons. The minimum Gasteiger partial charge on any atom is -0.441 e. The van der Waals surface area contributed by atoms with E-state index in [1.165, 1.54) is 10.6 Å². The fourth-order valence-corrected chi connectivity index (χ4v) is 3.19. The third-order valence-electron chi connectivity index (χ3n) is 4.54. The Morgan fingerprint density at radius 3 is 2.89 bits per heavy atom. The second-order valence-electron chi connectivity index (χ2n) is 6.31. The minimum absolute atomic E-state index is 0.250. The van der Waals surface area contributed by atoms with E-state index in [2.05, 4.69) is 20.2 Å². The fraction of sp³-hybridized carbons (Fsp3) is 0.158. The maximum absolute atomic E-state index is 12.5. The van der Waals surface area contributed by atoms with Crippen LogP contribution in [0.4, 0.5) is 0 Å². The molecule has 8 heteroatoms. The van der Waals surface area contributed by atoms with Crippen LogP contribution in [0.5, 0.6) is 0 Å². The van der Waals surface area contributed by atoms with Crippen molar-refractivity contribution < 1.29 is 8.94 Å². The van der Waals surface area contributed by atoms with Gasteiger partial charge in [0.05, 0.1) is 23.8 Å². The molecule has 1 aromatic carbocycles. The van der Waals surface area contributed by atoms with Crippen molar-refractivity contribution >= 4 is 16.6 Å². The lowest BCUT2D eigenvalue weighted by atomic mass is 10.1. The van der Waals surface area contributed by atoms with Crippen LogP contribution >= 0.6 is 0 Å². The Morgan fingerprint density at radius 1 is 1.22 bits per heavy atom. The van der Waals surface area contributed by atoms with Crippen molar-refractivity contribution in [3.8, 4) is 22.7 Å². The largest absolute Gasteiger partial charge is 0.441 e. The number of oxazole rings is 1. The maximum atomic E-state index is 12.5. The smallest absolute Gasteiger partial charge is 0.274 e. The molecule has 0 saturated carbocycles. The summed E-state index contributed by atoms with van der Waals surface area (Å²) in [6, 6.07) is 7.26. The van der Waals surface area contributed by atoms with E-state index >= 15 is 0 Å². The van der Waals surface area contributed by atoms with Crippen LogP contribution in [0.15, 0.2) is 50.4 Å². The number of hydrogen-bond donors (Lipinski definition) is 1. The first kappa shape index (κ1) is 15.6. The zero-order valence-corrected chi connectivity index (χ0v) is 14.7. The maximum Gasteiger partial charge on any atom is 0.274 e. The Hall–Kier alpha value is -3.68. The van der Waals surface area contributed by atoms with E-state index in [0.717, 1.165) is 23.1 Å². The average Bonchev–Trinajstić information content (AvgIpc) is 3.38. The number of H-pyrrole nitrogens is 1. The third-order valence-corrected chi connectivity index (χ3v) is 4.54. The van der Waals surface area contributed by atoms with Crippen LogP contribution in [0, 0.1) is 6.92 Å². The summed E-state index contributed by atoms with van der Waals surface area (Å²) in [4.78, 5) is 20.0. The van der Waals surface area contributed by atoms with Crippen LogP contribution in [0.25, 0.3) is 39.3 Å². The van der Waals surface area contributed by atoms with Crippen molar-refractivity contribution in [3.05, 3.63) is 58.5 Å². The van der Waals surface area contributed by atoms with E-state index in [4.69, 9.17) is 8.94 Å². The summed E-state index contributed by atoms with van der Waals surface area (Å²) in [6.45, 7) is 3.84. The number of benzene rings is 1. The number of hydrogen-bond acceptors (Lipinski definition) is 6. The summed E-state index contributed by atoms with van der Waals surface area (Å²) in [5.41, 5.74) is 3.95. The molecule has 4 aromatic heterocycles. The number of aromatic nitrogens is 5. The molecule has 0 aliphatic heterocycles. The average molecular weight is 361 g/mol. The summed E-state index contributed by atoms with van der Waals surface area (Å²) in [6.07, 6.45) is 3.99. The molecule has 8 nitrogen and oxygen atoms in total. The van der Waals surface area contributed by atoms with Gasteiger partial charge in [-0.15, -0.1) is 0 Å². The molecule has 0 aliphatic carbocycles. The Kier molecular flexibility index (Phi) is 3.27. The zero-order valence-electron chi connectivity index (χ0n) is 14.7. The first-order chi connectivity index (χ1) is 13.1. The van der Waals surface area contributed by atoms with Gasteiger partial charge in [-0.1, -0.05) is 18.1 Å². The van der Waals surface area contributed by atoms with E-state index < -0.39 is 0 Å². The summed E-state index contributed by atoms with van der Waals surface area (Å²) < 4.78 is 12.3. The van der Waals surface area contributed by atoms with Crippen LogP contribution in [0.3, 0.4) is 0 Å². The lowest BCUT2D eigenvalue weighted by Crippen LogP contribution is -2.14. The molecule has 27 heavy (non-hydrogen) atoms. The van der Waals surface area contributed by atoms with Crippen molar-refractivity contribution in [1.29, 1.82) is 0 Å². The molecule has 0 saturated heterocycles. The first-order valence-corrected chi connectivity index (χ1v) is 8.56. The zero-order chi connectivity index (χ0) is 18.5. The highest BCUT2D eigenvalue weighted by atomic mass is 16.5. The number of aromatic amines is 1. The second-order valence-corrected chi connectivity index (χ2v) is 6.31. The Balaban J connectivity index is 1.70. The topological polar surface area (TPSA) is 102 Å². The fourth-order valence-electron chi connectivity index (χ4n) is 3.19. The van der Waals surface area contributed by atoms with Crippen molar-refractivity contribution in [2.75, 3.05) is 0 Å². The van der Waals surface area contributed by atoms with Gasteiger partial charge in [-0.2, -0.15) is 9.61 Å². The highest BCUT2D eigenvalue weighted by Crippen LogP contribution is 2.27. The van der Waals surface area contributed by atoms with Crippen LogP contribution < -0.4 is 5.56 Å². The summed E-state index contributed by atoms with van der Waals surface area (Å²) in [7, 11) is 0. The molecule has 0 amide bonds. The monoisotopic (exact) mass is 361 g/mol. The SMILES string of the molecule is CCc1noc2cc(-c3cc(=O)n4ncc(-c5ncc(C)o5)c4[nH]3)ccc12. The number of nitrogens with zero attached hydrogens (tertiary/aromatic N) is 4. The normalized spacial score (nSPS) is 11.6. The molecule has 0 unspecified atom stereocenters. The molecule has 0 bridgehead atoms. The van der Waals surface area contributed by atoms with Crippen LogP contribution in [0.2, 0.25) is 0 Å². The van der Waals surface area contributed by atoms with Crippen molar-refractivity contribution in [2.45, 2.75) is 20.3 Å². The number of nitrogens with one attached hydrogen (secondary N) is 1. The van der Waals surface area contributed by atoms with Gasteiger partial charge in [0.1, 0.15) is 11.3 Å². The Bertz CT molecular complexity index is 1350. The van der Waals surface area contributed by atoms with E-state index in [1.54, 1.807) is 12.4 Å². The summed E-state index contributed by atoms with van der Waals surface area (Å²) >= 11 is 0. The van der Waals surface area contributed by atoms with Gasteiger partial charge in [0.25, 0.3) is 5.56 Å². The quantitative estimate of drug-likeness (QED) is 0.529. The standard InChI is InChI=1S/C19H15N5O3/c1-3-14-12-5-4-11(6-16(12)27-23-14)15-7-17(25)24-18(22-15)13(9-21-24)19-20-8-10(2)26-19/h4-9,22H,3H2,1-2H3. The second kappa shape index (κ2) is 5.66. The molecule has 0 atom stereocenters. The van der Waals surface area contributed by atoms with Gasteiger partial charge in [0.15, 0.2) is 11.2 Å². The van der Waals surface area contributed by atoms with E-state index in [0.29, 0.717) is 34.1 Å². The molecule has 0 spiro atoms. The van der Waals surface area contributed by atoms with E-state index in [1.807, 2.05) is 32.0 Å². The molecular weight excluding hydrogens is 346 g/mol. The van der Waals surface area contributed by atoms with Gasteiger partial charge < -0.3 is 13.9 Å². The number of rotatable bonds is 3. The molecule has 0 fully saturated rings. The van der Waals surface area contributed by atoms with Gasteiger partial charge in [0, 0.05) is 17.0 Å². The third kappa shape index (κ3) is 2.37. The van der Waals surface area contributed by atoms with Gasteiger partial charge >= 0.3 is 0 Å². The van der Waals surface area contributed by atoms with Gasteiger partial charge in [-0.3, -0.25) is 4.79 Å². The molecule has 4 heterocycles. The van der Waals surface area contributed by atoms with E-state index in [-0.39, 0.29) is 5.56 Å². The molecule has 0 radical (unpaired) electrons. The minimum atomic E-state index is -0.250. The number of fused-ring (bicyclic) bond motifs is 2. The molecule has 5 aromatic rings. The van der Waals surface area contributed by atoms with E-state index in [9.17, 15) is 4.79 Å².